The van der Waals surface area contributed by atoms with Gasteiger partial charge < -0.3 is 24.1 Å². The summed E-state index contributed by atoms with van der Waals surface area (Å²) in [5.74, 6) is 1.91. The van der Waals surface area contributed by atoms with E-state index < -0.39 is 45.5 Å². The Balaban J connectivity index is 1.01. The lowest BCUT2D eigenvalue weighted by atomic mass is 9.49. The summed E-state index contributed by atoms with van der Waals surface area (Å²) in [6.45, 7) is 12.1. The number of esters is 4. The van der Waals surface area contributed by atoms with Crippen LogP contribution in [-0.4, -0.2) is 58.5 Å². The number of cyclic esters (lactones) is 1. The quantitative estimate of drug-likeness (QED) is 0.132. The summed E-state index contributed by atoms with van der Waals surface area (Å²) in [7, 11) is 0. The van der Waals surface area contributed by atoms with Gasteiger partial charge in [-0.1, -0.05) is 20.3 Å². The van der Waals surface area contributed by atoms with Crippen LogP contribution in [0.2, 0.25) is 0 Å². The molecule has 0 aromatic carbocycles. The Morgan fingerprint density at radius 3 is 1.88 bits per heavy atom. The minimum absolute atomic E-state index is 0.143. The third kappa shape index (κ3) is 6.96. The van der Waals surface area contributed by atoms with E-state index in [4.69, 9.17) is 18.9 Å². The van der Waals surface area contributed by atoms with E-state index in [1.165, 1.54) is 32.1 Å². The van der Waals surface area contributed by atoms with Gasteiger partial charge in [0, 0.05) is 12.8 Å². The number of hydrogen-bond acceptors (Lipinski definition) is 9. The second-order valence-corrected chi connectivity index (χ2v) is 20.3. The van der Waals surface area contributed by atoms with Gasteiger partial charge >= 0.3 is 23.9 Å². The molecular weight excluding hydrogens is 660 g/mol. The third-order valence-corrected chi connectivity index (χ3v) is 15.9. The van der Waals surface area contributed by atoms with E-state index >= 15 is 0 Å². The van der Waals surface area contributed by atoms with Crippen LogP contribution >= 0.6 is 0 Å². The van der Waals surface area contributed by atoms with Crippen molar-refractivity contribution in [1.82, 2.24) is 0 Å². The maximum atomic E-state index is 14.1. The Morgan fingerprint density at radius 2 is 1.35 bits per heavy atom. The van der Waals surface area contributed by atoms with Gasteiger partial charge in [-0.15, -0.1) is 0 Å². The molecule has 9 rings (SSSR count). The molecule has 9 heteroatoms. The van der Waals surface area contributed by atoms with Gasteiger partial charge in [-0.3, -0.25) is 14.4 Å². The molecule has 52 heavy (non-hydrogen) atoms. The fraction of sp³-hybridized carbons (Fsp3) is 0.907. The molecular formula is C43H66O9. The van der Waals surface area contributed by atoms with Crippen molar-refractivity contribution >= 4 is 23.9 Å². The first-order valence-electron chi connectivity index (χ1n) is 21.0. The maximum Gasteiger partial charge on any atom is 0.347 e. The van der Waals surface area contributed by atoms with Gasteiger partial charge in [-0.05, 0) is 166 Å². The number of rotatable bonds is 15. The fourth-order valence-corrected chi connectivity index (χ4v) is 12.9. The van der Waals surface area contributed by atoms with Crippen molar-refractivity contribution in [3.63, 3.8) is 0 Å². The topological polar surface area (TPSA) is 125 Å². The molecule has 8 saturated carbocycles. The van der Waals surface area contributed by atoms with Crippen molar-refractivity contribution < 1.29 is 43.2 Å². The molecule has 9 nitrogen and oxygen atoms in total. The van der Waals surface area contributed by atoms with Crippen LogP contribution in [0.15, 0.2) is 0 Å². The number of carbonyl (C=O) groups excluding carboxylic acids is 4. The molecule has 0 spiro atoms. The van der Waals surface area contributed by atoms with Gasteiger partial charge in [0.1, 0.15) is 11.2 Å². The number of ether oxygens (including phenoxy) is 4. The maximum absolute atomic E-state index is 14.1. The lowest BCUT2D eigenvalue weighted by Crippen LogP contribution is -2.61. The second kappa shape index (κ2) is 13.5. The molecule has 1 N–H and O–H groups in total. The molecule has 5 atom stereocenters. The predicted octanol–water partition coefficient (Wildman–Crippen LogP) is 8.02. The van der Waals surface area contributed by atoms with E-state index in [9.17, 15) is 24.3 Å². The molecule has 0 aromatic heterocycles. The van der Waals surface area contributed by atoms with Crippen LogP contribution in [0.1, 0.15) is 164 Å². The monoisotopic (exact) mass is 726 g/mol. The van der Waals surface area contributed by atoms with Gasteiger partial charge in [-0.2, -0.15) is 0 Å². The Bertz CT molecular complexity index is 1370. The first kappa shape index (κ1) is 38.1. The molecule has 9 aliphatic rings. The summed E-state index contributed by atoms with van der Waals surface area (Å²) in [4.78, 5) is 54.4. The first-order chi connectivity index (χ1) is 24.4. The molecule has 0 aromatic rings. The van der Waals surface area contributed by atoms with Crippen LogP contribution in [0.5, 0.6) is 0 Å². The lowest BCUT2D eigenvalue weighted by molar-refractivity contribution is -0.226. The molecule has 1 heterocycles. The highest BCUT2D eigenvalue weighted by Crippen LogP contribution is 2.62. The molecule has 1 saturated heterocycles. The first-order valence-corrected chi connectivity index (χ1v) is 21.0. The van der Waals surface area contributed by atoms with Crippen LogP contribution < -0.4 is 0 Å². The Morgan fingerprint density at radius 1 is 0.750 bits per heavy atom. The average molecular weight is 727 g/mol. The van der Waals surface area contributed by atoms with Crippen molar-refractivity contribution in [2.75, 3.05) is 6.61 Å². The van der Waals surface area contributed by atoms with E-state index in [0.29, 0.717) is 75.0 Å². The van der Waals surface area contributed by atoms with Crippen molar-refractivity contribution in [2.24, 2.45) is 51.8 Å². The third-order valence-electron chi connectivity index (χ3n) is 15.9. The summed E-state index contributed by atoms with van der Waals surface area (Å²) >= 11 is 0. The van der Waals surface area contributed by atoms with Crippen LogP contribution in [0.4, 0.5) is 0 Å². The highest BCUT2D eigenvalue weighted by molar-refractivity contribution is 5.83. The summed E-state index contributed by atoms with van der Waals surface area (Å²) in [6.07, 6.45) is 14.1. The van der Waals surface area contributed by atoms with E-state index in [1.54, 1.807) is 0 Å². The summed E-state index contributed by atoms with van der Waals surface area (Å²) < 4.78 is 24.0. The van der Waals surface area contributed by atoms with Crippen molar-refractivity contribution in [3.8, 4) is 0 Å². The largest absolute Gasteiger partial charge is 0.463 e. The smallest absolute Gasteiger partial charge is 0.347 e. The minimum Gasteiger partial charge on any atom is -0.463 e. The molecule has 5 unspecified atom stereocenters. The van der Waals surface area contributed by atoms with E-state index in [-0.39, 0.29) is 24.1 Å². The van der Waals surface area contributed by atoms with Crippen molar-refractivity contribution in [2.45, 2.75) is 186 Å². The molecule has 1 aliphatic heterocycles. The Kier molecular flexibility index (Phi) is 9.93. The standard InChI is InChI=1S/C43H66O9/c1-7-39(5,37(47)51-42-24-29-17-30(25-42)23-41(48,22-29)26-42)13-14-40(6,36(46)50-33-10-15-49-34(33)44)12-9-11-38(3,4)35(45)52-43(8-2)31-18-27-16-28(20-31)21-32(43)19-27/h27-33,48H,7-26H2,1-6H3. The molecule has 292 valence electrons. The minimum atomic E-state index is -0.999. The van der Waals surface area contributed by atoms with E-state index in [1.807, 2.05) is 34.6 Å². The highest BCUT2D eigenvalue weighted by Gasteiger charge is 2.61. The second-order valence-electron chi connectivity index (χ2n) is 20.3. The normalized spacial score (nSPS) is 40.9. The lowest BCUT2D eigenvalue weighted by Gasteiger charge is -2.60. The summed E-state index contributed by atoms with van der Waals surface area (Å²) in [5, 5.41) is 11.3. The van der Waals surface area contributed by atoms with Crippen LogP contribution in [0, 0.1) is 51.8 Å². The van der Waals surface area contributed by atoms with Gasteiger partial charge in [0.05, 0.1) is 28.5 Å². The van der Waals surface area contributed by atoms with Crippen LogP contribution in [0.3, 0.4) is 0 Å². The van der Waals surface area contributed by atoms with Gasteiger partial charge in [0.2, 0.25) is 6.10 Å². The van der Waals surface area contributed by atoms with E-state index in [2.05, 4.69) is 6.92 Å². The van der Waals surface area contributed by atoms with Gasteiger partial charge in [0.15, 0.2) is 0 Å². The summed E-state index contributed by atoms with van der Waals surface area (Å²) in [6, 6.07) is 0. The zero-order valence-corrected chi connectivity index (χ0v) is 32.9. The SMILES string of the molecule is CCC(C)(CCC(C)(CCCC(C)(C)C(=O)OC1(CC)C2CC3CC(C2)CC1C3)C(=O)OC1CCOC1=O)C(=O)OC12CC3CC(CC(O)(C3)C1)C2. The highest BCUT2D eigenvalue weighted by atomic mass is 16.6. The average Bonchev–Trinajstić information content (AvgIpc) is 3.47. The molecule has 8 bridgehead atoms. The number of aliphatic hydroxyl groups is 1. The predicted molar refractivity (Wildman–Crippen MR) is 193 cm³/mol. The van der Waals surface area contributed by atoms with Crippen molar-refractivity contribution in [1.29, 1.82) is 0 Å². The summed E-state index contributed by atoms with van der Waals surface area (Å²) in [5.41, 5.74) is -4.27. The van der Waals surface area contributed by atoms with Gasteiger partial charge in [0.25, 0.3) is 0 Å². The van der Waals surface area contributed by atoms with Gasteiger partial charge in [-0.25, -0.2) is 4.79 Å². The molecule has 0 radical (unpaired) electrons. The zero-order chi connectivity index (χ0) is 37.3. The molecule has 8 aliphatic carbocycles. The molecule has 0 amide bonds. The Hall–Kier alpha value is -2.16. The number of carbonyl (C=O) groups is 4. The van der Waals surface area contributed by atoms with Crippen LogP contribution in [0.25, 0.3) is 0 Å². The molecule has 9 fully saturated rings. The zero-order valence-electron chi connectivity index (χ0n) is 32.9. The Labute approximate surface area is 311 Å². The van der Waals surface area contributed by atoms with E-state index in [0.717, 1.165) is 50.4 Å². The number of hydrogen-bond donors (Lipinski definition) is 1. The van der Waals surface area contributed by atoms with Crippen LogP contribution in [-0.2, 0) is 38.1 Å². The van der Waals surface area contributed by atoms with Crippen molar-refractivity contribution in [3.05, 3.63) is 0 Å². The fourth-order valence-electron chi connectivity index (χ4n) is 12.9.